The van der Waals surface area contributed by atoms with Crippen LogP contribution in [0.25, 0.3) is 0 Å². The average Bonchev–Trinajstić information content (AvgIpc) is 3.40. The van der Waals surface area contributed by atoms with Gasteiger partial charge in [-0.3, -0.25) is 9.89 Å². The van der Waals surface area contributed by atoms with Gasteiger partial charge < -0.3 is 15.2 Å². The first-order chi connectivity index (χ1) is 13.8. The summed E-state index contributed by atoms with van der Waals surface area (Å²) in [4.78, 5) is 8.89. The van der Waals surface area contributed by atoms with Gasteiger partial charge in [-0.1, -0.05) is 6.07 Å². The Labute approximate surface area is 172 Å². The summed E-state index contributed by atoms with van der Waals surface area (Å²) in [5.41, 5.74) is 0. The molecule has 2 N–H and O–H groups in total. The molecule has 0 radical (unpaired) electrons. The molecule has 0 aliphatic carbocycles. The molecule has 2 unspecified atom stereocenters. The van der Waals surface area contributed by atoms with Crippen molar-refractivity contribution in [2.45, 2.75) is 45.2 Å². The molecule has 2 aromatic rings. The van der Waals surface area contributed by atoms with Gasteiger partial charge in [0.05, 0.1) is 0 Å². The Balaban J connectivity index is 1.49. The van der Waals surface area contributed by atoms with Gasteiger partial charge in [-0.25, -0.2) is 0 Å². The van der Waals surface area contributed by atoms with Crippen LogP contribution in [0.3, 0.4) is 0 Å². The number of unbranched alkanes of at least 4 members (excludes halogenated alkanes) is 1. The minimum Gasteiger partial charge on any atom is -0.357 e. The monoisotopic (exact) mass is 403 g/mol. The van der Waals surface area contributed by atoms with E-state index in [0.717, 1.165) is 45.0 Å². The van der Waals surface area contributed by atoms with Crippen LogP contribution in [0.15, 0.2) is 35.2 Å². The van der Waals surface area contributed by atoms with E-state index in [1.807, 2.05) is 15.9 Å². The van der Waals surface area contributed by atoms with Gasteiger partial charge in [0.15, 0.2) is 5.96 Å². The van der Waals surface area contributed by atoms with E-state index in [9.17, 15) is 0 Å². The van der Waals surface area contributed by atoms with Crippen molar-refractivity contribution in [3.8, 4) is 0 Å². The summed E-state index contributed by atoms with van der Waals surface area (Å²) < 4.78 is 2.02. The fraction of sp³-hybridized carbons (Fsp3) is 0.650. The van der Waals surface area contributed by atoms with Crippen molar-refractivity contribution in [3.05, 3.63) is 35.0 Å². The van der Waals surface area contributed by atoms with E-state index in [1.54, 1.807) is 12.7 Å². The SMILES string of the molecule is CCNC(=NCC1CCCN(C)C1c1cccs1)NCCCCn1cnnc1. The Hall–Kier alpha value is -1.93. The van der Waals surface area contributed by atoms with Gasteiger partial charge in [0.25, 0.3) is 0 Å². The Morgan fingerprint density at radius 1 is 1.29 bits per heavy atom. The average molecular weight is 404 g/mol. The second kappa shape index (κ2) is 11.2. The summed E-state index contributed by atoms with van der Waals surface area (Å²) >= 11 is 1.87. The summed E-state index contributed by atoms with van der Waals surface area (Å²) in [6.45, 7) is 6.92. The lowest BCUT2D eigenvalue weighted by Crippen LogP contribution is -2.40. The van der Waals surface area contributed by atoms with E-state index in [2.05, 4.69) is 57.2 Å². The van der Waals surface area contributed by atoms with E-state index in [0.29, 0.717) is 12.0 Å². The first-order valence-electron chi connectivity index (χ1n) is 10.4. The lowest BCUT2D eigenvalue weighted by molar-refractivity contribution is 0.128. The maximum Gasteiger partial charge on any atom is 0.191 e. The second-order valence-electron chi connectivity index (χ2n) is 7.40. The standard InChI is InChI=1S/C20H33N7S/c1-3-21-20(22-10-4-5-12-27-15-24-25-16-27)23-14-17-8-6-11-26(2)19(17)18-9-7-13-28-18/h7,9,13,15-17,19H,3-6,8,10-12,14H2,1-2H3,(H2,21,22,23). The fourth-order valence-electron chi connectivity index (χ4n) is 3.87. The molecular weight excluding hydrogens is 370 g/mol. The predicted octanol–water partition coefficient (Wildman–Crippen LogP) is 2.76. The zero-order valence-corrected chi connectivity index (χ0v) is 17.9. The molecule has 7 nitrogen and oxygen atoms in total. The maximum atomic E-state index is 4.93. The van der Waals surface area contributed by atoms with E-state index < -0.39 is 0 Å². The van der Waals surface area contributed by atoms with E-state index in [1.165, 1.54) is 24.3 Å². The summed E-state index contributed by atoms with van der Waals surface area (Å²) in [6.07, 6.45) is 8.22. The van der Waals surface area contributed by atoms with Gasteiger partial charge in [-0.15, -0.1) is 21.5 Å². The number of nitrogens with one attached hydrogen (secondary N) is 2. The number of rotatable bonds is 9. The van der Waals surface area contributed by atoms with Crippen LogP contribution in [0.2, 0.25) is 0 Å². The number of guanidine groups is 1. The van der Waals surface area contributed by atoms with Gasteiger partial charge in [-0.2, -0.15) is 0 Å². The third-order valence-electron chi connectivity index (χ3n) is 5.27. The molecule has 3 rings (SSSR count). The lowest BCUT2D eigenvalue weighted by atomic mass is 9.88. The van der Waals surface area contributed by atoms with Crippen LogP contribution >= 0.6 is 11.3 Å². The summed E-state index contributed by atoms with van der Waals surface area (Å²) in [6, 6.07) is 4.92. The topological polar surface area (TPSA) is 70.4 Å². The van der Waals surface area contributed by atoms with Gasteiger partial charge in [0.2, 0.25) is 0 Å². The summed E-state index contributed by atoms with van der Waals surface area (Å²) in [5, 5.41) is 16.7. The Kier molecular flexibility index (Phi) is 8.29. The van der Waals surface area contributed by atoms with Gasteiger partial charge >= 0.3 is 0 Å². The second-order valence-corrected chi connectivity index (χ2v) is 8.38. The number of hydrogen-bond acceptors (Lipinski definition) is 5. The van der Waals surface area contributed by atoms with Crippen LogP contribution in [0.5, 0.6) is 0 Å². The highest BCUT2D eigenvalue weighted by molar-refractivity contribution is 7.10. The summed E-state index contributed by atoms with van der Waals surface area (Å²) in [7, 11) is 2.25. The number of hydrogen-bond donors (Lipinski definition) is 2. The van der Waals surface area contributed by atoms with Crippen molar-refractivity contribution in [2.24, 2.45) is 10.9 Å². The highest BCUT2D eigenvalue weighted by atomic mass is 32.1. The largest absolute Gasteiger partial charge is 0.357 e. The molecule has 1 aliphatic heterocycles. The normalized spacial score (nSPS) is 21.0. The number of aliphatic imine (C=N–C) groups is 1. The van der Waals surface area contributed by atoms with Crippen LogP contribution in [-0.4, -0.2) is 58.9 Å². The number of aromatic nitrogens is 3. The molecule has 1 fully saturated rings. The van der Waals surface area contributed by atoms with Gasteiger partial charge in [0.1, 0.15) is 12.7 Å². The zero-order chi connectivity index (χ0) is 19.6. The van der Waals surface area contributed by atoms with Crippen molar-refractivity contribution in [1.82, 2.24) is 30.3 Å². The Morgan fingerprint density at radius 2 is 2.14 bits per heavy atom. The third-order valence-corrected chi connectivity index (χ3v) is 6.22. The minimum atomic E-state index is 0.490. The fourth-order valence-corrected chi connectivity index (χ4v) is 4.86. The van der Waals surface area contributed by atoms with Crippen LogP contribution in [-0.2, 0) is 6.54 Å². The molecule has 1 aliphatic rings. The van der Waals surface area contributed by atoms with E-state index in [-0.39, 0.29) is 0 Å². The maximum absolute atomic E-state index is 4.93. The molecule has 1 saturated heterocycles. The van der Waals surface area contributed by atoms with Gasteiger partial charge in [0, 0.05) is 37.1 Å². The Bertz CT molecular complexity index is 683. The summed E-state index contributed by atoms with van der Waals surface area (Å²) in [5.74, 6) is 1.51. The molecule has 2 aromatic heterocycles. The molecule has 0 bridgehead atoms. The van der Waals surface area contributed by atoms with Crippen molar-refractivity contribution < 1.29 is 0 Å². The van der Waals surface area contributed by atoms with Crippen molar-refractivity contribution >= 4 is 17.3 Å². The lowest BCUT2D eigenvalue weighted by Gasteiger charge is -2.38. The highest BCUT2D eigenvalue weighted by Crippen LogP contribution is 2.37. The number of nitrogens with zero attached hydrogens (tertiary/aromatic N) is 5. The van der Waals surface area contributed by atoms with Crippen LogP contribution in [0.1, 0.15) is 43.5 Å². The molecule has 0 saturated carbocycles. The van der Waals surface area contributed by atoms with Gasteiger partial charge in [-0.05, 0) is 63.6 Å². The highest BCUT2D eigenvalue weighted by Gasteiger charge is 2.31. The Morgan fingerprint density at radius 3 is 2.89 bits per heavy atom. The molecule has 0 spiro atoms. The predicted molar refractivity (Wildman–Crippen MR) is 116 cm³/mol. The first kappa shape index (κ1) is 20.8. The quantitative estimate of drug-likeness (QED) is 0.383. The molecule has 154 valence electrons. The van der Waals surface area contributed by atoms with Crippen LogP contribution < -0.4 is 10.6 Å². The van der Waals surface area contributed by atoms with Crippen molar-refractivity contribution in [2.75, 3.05) is 33.2 Å². The molecule has 3 heterocycles. The van der Waals surface area contributed by atoms with E-state index >= 15 is 0 Å². The molecule has 0 aromatic carbocycles. The molecule has 2 atom stereocenters. The number of thiophene rings is 1. The molecule has 8 heteroatoms. The van der Waals surface area contributed by atoms with Crippen LogP contribution in [0, 0.1) is 5.92 Å². The first-order valence-corrected chi connectivity index (χ1v) is 11.2. The van der Waals surface area contributed by atoms with Crippen molar-refractivity contribution in [3.63, 3.8) is 0 Å². The molecule has 0 amide bonds. The third kappa shape index (κ3) is 6.04. The van der Waals surface area contributed by atoms with Crippen molar-refractivity contribution in [1.29, 1.82) is 0 Å². The number of aryl methyl sites for hydroxylation is 1. The molecular formula is C20H33N7S. The zero-order valence-electron chi connectivity index (χ0n) is 17.0. The van der Waals surface area contributed by atoms with Crippen LogP contribution in [0.4, 0.5) is 0 Å². The molecule has 28 heavy (non-hydrogen) atoms. The number of likely N-dealkylation sites (tertiary alicyclic amines) is 1. The van der Waals surface area contributed by atoms with E-state index in [4.69, 9.17) is 4.99 Å². The minimum absolute atomic E-state index is 0.490. The number of piperidine rings is 1. The smallest absolute Gasteiger partial charge is 0.191 e.